The molecule has 2 aliphatic heterocycles. The molecule has 1 aromatic rings. The lowest BCUT2D eigenvalue weighted by atomic mass is 10.1. The lowest BCUT2D eigenvalue weighted by Gasteiger charge is -2.35. The Kier molecular flexibility index (Phi) is 4.53. The molecule has 128 valence electrons. The van der Waals surface area contributed by atoms with Gasteiger partial charge < -0.3 is 15.4 Å². The zero-order chi connectivity index (χ0) is 17.3. The van der Waals surface area contributed by atoms with E-state index in [-0.39, 0.29) is 24.5 Å². The van der Waals surface area contributed by atoms with Gasteiger partial charge in [0.25, 0.3) is 5.91 Å². The molecule has 7 heteroatoms. The lowest BCUT2D eigenvalue weighted by Crippen LogP contribution is -2.50. The molecule has 2 N–H and O–H groups in total. The molecular weight excluding hydrogens is 308 g/mol. The van der Waals surface area contributed by atoms with Crippen LogP contribution in [0.5, 0.6) is 0 Å². The lowest BCUT2D eigenvalue weighted by molar-refractivity contribution is -0.136. The average molecular weight is 330 g/mol. The summed E-state index contributed by atoms with van der Waals surface area (Å²) < 4.78 is 5.66. The second-order valence-electron chi connectivity index (χ2n) is 6.32. The fourth-order valence-corrected chi connectivity index (χ4v) is 3.21. The van der Waals surface area contributed by atoms with E-state index in [4.69, 9.17) is 10.5 Å². The number of carbonyl (C=O) groups excluding carboxylic acids is 2. The normalized spacial score (nSPS) is 27.1. The maximum atomic E-state index is 12.8. The van der Waals surface area contributed by atoms with Crippen molar-refractivity contribution >= 4 is 23.2 Å². The van der Waals surface area contributed by atoms with Gasteiger partial charge in [-0.25, -0.2) is 0 Å². The van der Waals surface area contributed by atoms with Gasteiger partial charge in [0.2, 0.25) is 5.91 Å². The minimum Gasteiger partial charge on any atom is -0.372 e. The average Bonchev–Trinajstić information content (AvgIpc) is 2.99. The van der Waals surface area contributed by atoms with E-state index < -0.39 is 11.9 Å². The second kappa shape index (κ2) is 6.60. The SMILES string of the molecule is C[C@@H]1CN(C(=O)C2=NN(c3ccccc3)[C@H](C(N)=O)C2)C[C@H](C)O1. The molecule has 3 atom stereocenters. The molecule has 7 nitrogen and oxygen atoms in total. The van der Waals surface area contributed by atoms with Crippen molar-refractivity contribution in [2.75, 3.05) is 18.1 Å². The van der Waals surface area contributed by atoms with Crippen LogP contribution in [0.15, 0.2) is 35.4 Å². The van der Waals surface area contributed by atoms with E-state index in [0.29, 0.717) is 18.8 Å². The number of primary amides is 1. The summed E-state index contributed by atoms with van der Waals surface area (Å²) in [5.41, 5.74) is 6.62. The summed E-state index contributed by atoms with van der Waals surface area (Å²) in [6.07, 6.45) is 0.192. The Morgan fingerprint density at radius 2 is 1.79 bits per heavy atom. The number of morpholine rings is 1. The Balaban J connectivity index is 1.83. The molecule has 24 heavy (non-hydrogen) atoms. The molecule has 3 rings (SSSR count). The van der Waals surface area contributed by atoms with Crippen LogP contribution in [0.25, 0.3) is 0 Å². The number of nitrogens with two attached hydrogens (primary N) is 1. The van der Waals surface area contributed by atoms with Crippen LogP contribution in [0.4, 0.5) is 5.69 Å². The molecule has 2 amide bonds. The monoisotopic (exact) mass is 330 g/mol. The third kappa shape index (κ3) is 3.26. The molecule has 0 spiro atoms. The largest absolute Gasteiger partial charge is 0.372 e. The Hall–Kier alpha value is -2.41. The molecule has 2 aliphatic rings. The van der Waals surface area contributed by atoms with Crippen LogP contribution in [-0.2, 0) is 14.3 Å². The number of nitrogens with zero attached hydrogens (tertiary/aromatic N) is 3. The fraction of sp³-hybridized carbons (Fsp3) is 0.471. The number of hydrazone groups is 1. The van der Waals surface area contributed by atoms with Gasteiger partial charge in [-0.3, -0.25) is 14.6 Å². The summed E-state index contributed by atoms with van der Waals surface area (Å²) in [7, 11) is 0. The molecule has 2 heterocycles. The zero-order valence-corrected chi connectivity index (χ0v) is 13.9. The fourth-order valence-electron chi connectivity index (χ4n) is 3.21. The molecule has 1 saturated heterocycles. The van der Waals surface area contributed by atoms with Gasteiger partial charge in [-0.05, 0) is 26.0 Å². The number of hydrogen-bond donors (Lipinski definition) is 1. The van der Waals surface area contributed by atoms with Crippen LogP contribution < -0.4 is 10.7 Å². The van der Waals surface area contributed by atoms with E-state index in [0.717, 1.165) is 5.69 Å². The van der Waals surface area contributed by atoms with E-state index >= 15 is 0 Å². The van der Waals surface area contributed by atoms with Crippen LogP contribution in [-0.4, -0.2) is 53.8 Å². The van der Waals surface area contributed by atoms with Crippen molar-refractivity contribution in [2.24, 2.45) is 10.8 Å². The van der Waals surface area contributed by atoms with Gasteiger partial charge in [0.1, 0.15) is 11.8 Å². The molecule has 0 aromatic heterocycles. The third-order valence-electron chi connectivity index (χ3n) is 4.21. The summed E-state index contributed by atoms with van der Waals surface area (Å²) in [4.78, 5) is 26.3. The predicted octanol–water partition coefficient (Wildman–Crippen LogP) is 0.742. The van der Waals surface area contributed by atoms with E-state index in [1.165, 1.54) is 0 Å². The first-order chi connectivity index (χ1) is 11.5. The Morgan fingerprint density at radius 1 is 1.17 bits per heavy atom. The van der Waals surface area contributed by atoms with Crippen molar-refractivity contribution in [3.63, 3.8) is 0 Å². The van der Waals surface area contributed by atoms with E-state index in [1.807, 2.05) is 44.2 Å². The first kappa shape index (κ1) is 16.4. The predicted molar refractivity (Wildman–Crippen MR) is 90.5 cm³/mol. The van der Waals surface area contributed by atoms with Crippen LogP contribution in [0, 0.1) is 0 Å². The summed E-state index contributed by atoms with van der Waals surface area (Å²) >= 11 is 0. The summed E-state index contributed by atoms with van der Waals surface area (Å²) in [5, 5.41) is 5.95. The quantitative estimate of drug-likeness (QED) is 0.885. The third-order valence-corrected chi connectivity index (χ3v) is 4.21. The summed E-state index contributed by atoms with van der Waals surface area (Å²) in [6.45, 7) is 4.92. The van der Waals surface area contributed by atoms with E-state index in [9.17, 15) is 9.59 Å². The highest BCUT2D eigenvalue weighted by Gasteiger charge is 2.37. The molecule has 0 aliphatic carbocycles. The molecule has 1 aromatic carbocycles. The van der Waals surface area contributed by atoms with Gasteiger partial charge in [0, 0.05) is 19.5 Å². The van der Waals surface area contributed by atoms with Gasteiger partial charge in [-0.2, -0.15) is 5.10 Å². The highest BCUT2D eigenvalue weighted by Crippen LogP contribution is 2.25. The number of para-hydroxylation sites is 1. The van der Waals surface area contributed by atoms with Gasteiger partial charge in [-0.15, -0.1) is 0 Å². The maximum absolute atomic E-state index is 12.8. The van der Waals surface area contributed by atoms with E-state index in [2.05, 4.69) is 5.10 Å². The van der Waals surface area contributed by atoms with Gasteiger partial charge in [-0.1, -0.05) is 18.2 Å². The zero-order valence-electron chi connectivity index (χ0n) is 13.9. The number of benzene rings is 1. The first-order valence-electron chi connectivity index (χ1n) is 8.11. The molecule has 0 unspecified atom stereocenters. The summed E-state index contributed by atoms with van der Waals surface area (Å²) in [5.74, 6) is -0.643. The van der Waals surface area contributed by atoms with Crippen molar-refractivity contribution in [1.82, 2.24) is 4.90 Å². The van der Waals surface area contributed by atoms with Crippen LogP contribution in [0.3, 0.4) is 0 Å². The van der Waals surface area contributed by atoms with Crippen molar-refractivity contribution in [1.29, 1.82) is 0 Å². The number of hydrogen-bond acceptors (Lipinski definition) is 5. The number of amides is 2. The van der Waals surface area contributed by atoms with Crippen molar-refractivity contribution < 1.29 is 14.3 Å². The van der Waals surface area contributed by atoms with Crippen LogP contribution >= 0.6 is 0 Å². The molecule has 0 bridgehead atoms. The Labute approximate surface area is 141 Å². The molecule has 1 fully saturated rings. The van der Waals surface area contributed by atoms with Crippen LogP contribution in [0.2, 0.25) is 0 Å². The van der Waals surface area contributed by atoms with E-state index in [1.54, 1.807) is 9.91 Å². The molecule has 0 radical (unpaired) electrons. The summed E-state index contributed by atoms with van der Waals surface area (Å²) in [6, 6.07) is 8.63. The number of rotatable bonds is 3. The highest BCUT2D eigenvalue weighted by atomic mass is 16.5. The number of anilines is 1. The minimum absolute atomic E-state index is 0.0168. The Bertz CT molecular complexity index is 651. The second-order valence-corrected chi connectivity index (χ2v) is 6.32. The van der Waals surface area contributed by atoms with Gasteiger partial charge in [0.15, 0.2) is 0 Å². The minimum atomic E-state index is -0.637. The van der Waals surface area contributed by atoms with Gasteiger partial charge >= 0.3 is 0 Å². The molecule has 0 saturated carbocycles. The number of carbonyl (C=O) groups is 2. The smallest absolute Gasteiger partial charge is 0.270 e. The molecular formula is C17H22N4O3. The standard InChI is InChI=1S/C17H22N4O3/c1-11-9-20(10-12(2)24-11)17(23)14-8-15(16(18)22)21(19-14)13-6-4-3-5-7-13/h3-7,11-12,15H,8-10H2,1-2H3,(H2,18,22)/t11-,12+,15-/m0/s1. The highest BCUT2D eigenvalue weighted by molar-refractivity contribution is 6.40. The first-order valence-corrected chi connectivity index (χ1v) is 8.11. The van der Waals surface area contributed by atoms with Crippen molar-refractivity contribution in [2.45, 2.75) is 38.5 Å². The number of ether oxygens (including phenoxy) is 1. The van der Waals surface area contributed by atoms with Crippen molar-refractivity contribution in [3.05, 3.63) is 30.3 Å². The Morgan fingerprint density at radius 3 is 2.38 bits per heavy atom. The van der Waals surface area contributed by atoms with Crippen molar-refractivity contribution in [3.8, 4) is 0 Å². The van der Waals surface area contributed by atoms with Gasteiger partial charge in [0.05, 0.1) is 17.9 Å². The van der Waals surface area contributed by atoms with Crippen LogP contribution in [0.1, 0.15) is 20.3 Å². The topological polar surface area (TPSA) is 88.2 Å². The maximum Gasteiger partial charge on any atom is 0.270 e.